The number of hydrogen-bond donors (Lipinski definition) is 0. The van der Waals surface area contributed by atoms with E-state index in [4.69, 9.17) is 4.74 Å². The van der Waals surface area contributed by atoms with Crippen LogP contribution in [0.4, 0.5) is 5.69 Å². The number of hydrogen-bond acceptors (Lipinski definition) is 4. The number of rotatable bonds is 4. The molecule has 0 aliphatic heterocycles. The fourth-order valence-electron chi connectivity index (χ4n) is 1.43. The third-order valence-electron chi connectivity index (χ3n) is 2.25. The van der Waals surface area contributed by atoms with Crippen molar-refractivity contribution in [1.29, 1.82) is 0 Å². The van der Waals surface area contributed by atoms with E-state index in [1.807, 2.05) is 0 Å². The van der Waals surface area contributed by atoms with Crippen molar-refractivity contribution in [1.82, 2.24) is 9.78 Å². The van der Waals surface area contributed by atoms with Crippen LogP contribution in [0.25, 0.3) is 0 Å². The Kier molecular flexibility index (Phi) is 3.04. The first-order valence-electron chi connectivity index (χ1n) is 5.01. The third kappa shape index (κ3) is 2.60. The van der Waals surface area contributed by atoms with Crippen LogP contribution in [-0.2, 0) is 13.7 Å². The molecule has 6 nitrogen and oxygen atoms in total. The number of benzene rings is 1. The van der Waals surface area contributed by atoms with Crippen LogP contribution in [-0.4, -0.2) is 14.7 Å². The van der Waals surface area contributed by atoms with E-state index in [9.17, 15) is 10.1 Å². The van der Waals surface area contributed by atoms with Gasteiger partial charge in [0.15, 0.2) is 0 Å². The molecule has 1 heterocycles. The van der Waals surface area contributed by atoms with Gasteiger partial charge in [0.2, 0.25) is 5.88 Å². The van der Waals surface area contributed by atoms with Crippen molar-refractivity contribution >= 4 is 5.69 Å². The molecule has 0 radical (unpaired) electrons. The van der Waals surface area contributed by atoms with E-state index in [0.29, 0.717) is 11.4 Å². The van der Waals surface area contributed by atoms with Crippen LogP contribution in [0.2, 0.25) is 0 Å². The van der Waals surface area contributed by atoms with Crippen molar-refractivity contribution in [2.45, 2.75) is 6.61 Å². The van der Waals surface area contributed by atoms with Gasteiger partial charge >= 0.3 is 0 Å². The highest BCUT2D eigenvalue weighted by Crippen LogP contribution is 2.19. The predicted octanol–water partition coefficient (Wildman–Crippen LogP) is 1.91. The minimum Gasteiger partial charge on any atom is -0.471 e. The first-order valence-corrected chi connectivity index (χ1v) is 5.01. The van der Waals surface area contributed by atoms with E-state index in [2.05, 4.69) is 5.10 Å². The second kappa shape index (κ2) is 4.65. The van der Waals surface area contributed by atoms with Gasteiger partial charge in [-0.2, -0.15) is 0 Å². The molecule has 1 aromatic heterocycles. The Morgan fingerprint density at radius 1 is 1.41 bits per heavy atom. The smallest absolute Gasteiger partial charge is 0.276 e. The number of aromatic nitrogens is 2. The van der Waals surface area contributed by atoms with Crippen LogP contribution in [0.15, 0.2) is 36.5 Å². The van der Waals surface area contributed by atoms with Gasteiger partial charge in [0.05, 0.1) is 10.5 Å². The van der Waals surface area contributed by atoms with Gasteiger partial charge in [0, 0.05) is 25.4 Å². The Labute approximate surface area is 97.6 Å². The predicted molar refractivity (Wildman–Crippen MR) is 60.6 cm³/mol. The average molecular weight is 233 g/mol. The highest BCUT2D eigenvalue weighted by Gasteiger charge is 2.12. The lowest BCUT2D eigenvalue weighted by molar-refractivity contribution is -0.385. The molecule has 2 rings (SSSR count). The van der Waals surface area contributed by atoms with Gasteiger partial charge in [-0.15, -0.1) is 5.10 Å². The molecule has 0 N–H and O–H groups in total. The van der Waals surface area contributed by atoms with Crippen molar-refractivity contribution in [2.24, 2.45) is 7.05 Å². The van der Waals surface area contributed by atoms with Gasteiger partial charge in [-0.25, -0.2) is 0 Å². The summed E-state index contributed by atoms with van der Waals surface area (Å²) in [4.78, 5) is 10.3. The highest BCUT2D eigenvalue weighted by atomic mass is 16.6. The van der Waals surface area contributed by atoms with Crippen molar-refractivity contribution in [3.63, 3.8) is 0 Å². The highest BCUT2D eigenvalue weighted by molar-refractivity contribution is 5.39. The molecule has 0 atom stereocenters. The van der Waals surface area contributed by atoms with Gasteiger partial charge in [-0.3, -0.25) is 14.8 Å². The van der Waals surface area contributed by atoms with Gasteiger partial charge < -0.3 is 4.74 Å². The molecule has 2 aromatic rings. The average Bonchev–Trinajstić information content (AvgIpc) is 2.73. The topological polar surface area (TPSA) is 70.2 Å². The van der Waals surface area contributed by atoms with E-state index in [1.165, 1.54) is 6.07 Å². The Morgan fingerprint density at radius 2 is 2.18 bits per heavy atom. The van der Waals surface area contributed by atoms with Gasteiger partial charge in [-0.05, 0) is 6.07 Å². The summed E-state index contributed by atoms with van der Waals surface area (Å²) in [6.45, 7) is 0.133. The van der Waals surface area contributed by atoms with Crippen LogP contribution in [0.3, 0.4) is 0 Å². The fourth-order valence-corrected chi connectivity index (χ4v) is 1.43. The maximum Gasteiger partial charge on any atom is 0.276 e. The van der Waals surface area contributed by atoms with Crippen LogP contribution >= 0.6 is 0 Å². The lowest BCUT2D eigenvalue weighted by Gasteiger charge is -2.03. The fraction of sp³-hybridized carbons (Fsp3) is 0.182. The number of para-hydroxylation sites is 1. The number of nitro groups is 1. The van der Waals surface area contributed by atoms with Crippen molar-refractivity contribution < 1.29 is 9.66 Å². The van der Waals surface area contributed by atoms with Crippen LogP contribution in [0, 0.1) is 10.1 Å². The quantitative estimate of drug-likeness (QED) is 0.597. The Morgan fingerprint density at radius 3 is 2.82 bits per heavy atom. The summed E-state index contributed by atoms with van der Waals surface area (Å²) in [6, 6.07) is 8.19. The molecule has 0 bridgehead atoms. The Balaban J connectivity index is 2.11. The summed E-state index contributed by atoms with van der Waals surface area (Å²) in [5.74, 6) is 0.450. The Bertz CT molecular complexity index is 536. The number of nitrogens with zero attached hydrogens (tertiary/aromatic N) is 3. The van der Waals surface area contributed by atoms with E-state index in [0.717, 1.165) is 0 Å². The molecule has 17 heavy (non-hydrogen) atoms. The largest absolute Gasteiger partial charge is 0.471 e. The lowest BCUT2D eigenvalue weighted by atomic mass is 10.2. The van der Waals surface area contributed by atoms with E-state index < -0.39 is 4.92 Å². The molecule has 0 aliphatic carbocycles. The molecule has 0 aliphatic rings. The minimum atomic E-state index is -0.420. The molecule has 88 valence electrons. The number of aryl methyl sites for hydroxylation is 1. The van der Waals surface area contributed by atoms with Gasteiger partial charge in [0.1, 0.15) is 6.61 Å². The zero-order valence-corrected chi connectivity index (χ0v) is 9.24. The van der Waals surface area contributed by atoms with Crippen molar-refractivity contribution in [3.05, 3.63) is 52.2 Å². The maximum absolute atomic E-state index is 10.8. The molecule has 0 saturated heterocycles. The molecule has 0 fully saturated rings. The minimum absolute atomic E-state index is 0.0587. The molecule has 0 saturated carbocycles. The summed E-state index contributed by atoms with van der Waals surface area (Å²) in [5.41, 5.74) is 0.589. The van der Waals surface area contributed by atoms with E-state index in [1.54, 1.807) is 42.2 Å². The standard InChI is InChI=1S/C11H11N3O3/c1-13-7-6-11(12-13)17-8-9-4-2-3-5-10(9)14(15)16/h2-7H,8H2,1H3. The zero-order valence-electron chi connectivity index (χ0n) is 9.24. The van der Waals surface area contributed by atoms with Crippen molar-refractivity contribution in [2.75, 3.05) is 0 Å². The molecule has 0 unspecified atom stereocenters. The second-order valence-corrected chi connectivity index (χ2v) is 3.50. The summed E-state index contributed by atoms with van der Waals surface area (Å²) >= 11 is 0. The molecule has 0 spiro atoms. The number of nitro benzene ring substituents is 1. The molecule has 6 heteroatoms. The van der Waals surface area contributed by atoms with E-state index in [-0.39, 0.29) is 12.3 Å². The van der Waals surface area contributed by atoms with Crippen LogP contribution in [0.1, 0.15) is 5.56 Å². The van der Waals surface area contributed by atoms with Crippen molar-refractivity contribution in [3.8, 4) is 5.88 Å². The monoisotopic (exact) mass is 233 g/mol. The van der Waals surface area contributed by atoms with Gasteiger partial charge in [-0.1, -0.05) is 12.1 Å². The molecule has 1 aromatic carbocycles. The van der Waals surface area contributed by atoms with E-state index >= 15 is 0 Å². The molecular weight excluding hydrogens is 222 g/mol. The second-order valence-electron chi connectivity index (χ2n) is 3.50. The summed E-state index contributed by atoms with van der Waals surface area (Å²) in [7, 11) is 1.78. The zero-order chi connectivity index (χ0) is 12.3. The maximum atomic E-state index is 10.8. The van der Waals surface area contributed by atoms with Crippen LogP contribution in [0.5, 0.6) is 5.88 Å². The summed E-state index contributed by atoms with van der Waals surface area (Å²) < 4.78 is 6.97. The summed E-state index contributed by atoms with van der Waals surface area (Å²) in [5, 5.41) is 14.8. The lowest BCUT2D eigenvalue weighted by Crippen LogP contribution is -2.01. The third-order valence-corrected chi connectivity index (χ3v) is 2.25. The SMILES string of the molecule is Cn1ccc(OCc2ccccc2[N+](=O)[O-])n1. The van der Waals surface area contributed by atoms with Gasteiger partial charge in [0.25, 0.3) is 5.69 Å². The molecular formula is C11H11N3O3. The normalized spacial score (nSPS) is 10.2. The first kappa shape index (κ1) is 11.1. The first-order chi connectivity index (χ1) is 8.16. The Hall–Kier alpha value is -2.37. The summed E-state index contributed by atoms with van der Waals surface area (Å²) in [6.07, 6.45) is 1.74. The molecule has 0 amide bonds. The van der Waals surface area contributed by atoms with Crippen LogP contribution < -0.4 is 4.74 Å². The number of ether oxygens (including phenoxy) is 1.